The molecule has 0 aromatic heterocycles. The predicted octanol–water partition coefficient (Wildman–Crippen LogP) is 2.22. The molecular weight excluding hydrogens is 190 g/mol. The molecule has 0 saturated heterocycles. The van der Waals surface area contributed by atoms with Gasteiger partial charge in [-0.1, -0.05) is 24.3 Å². The highest BCUT2D eigenvalue weighted by atomic mass is 16.6. The van der Waals surface area contributed by atoms with Crippen LogP contribution in [0.5, 0.6) is 0 Å². The number of nitrogens with one attached hydrogen (secondary N) is 1. The van der Waals surface area contributed by atoms with Gasteiger partial charge in [-0.2, -0.15) is 5.48 Å². The van der Waals surface area contributed by atoms with Gasteiger partial charge in [-0.15, -0.1) is 0 Å². The number of hydrogen-bond donors (Lipinski definition) is 1. The summed E-state index contributed by atoms with van der Waals surface area (Å²) in [5.74, 6) is 0. The van der Waals surface area contributed by atoms with Crippen LogP contribution in [0.1, 0.15) is 25.0 Å². The third-order valence-electron chi connectivity index (χ3n) is 2.58. The summed E-state index contributed by atoms with van der Waals surface area (Å²) < 4.78 is 5.48. The summed E-state index contributed by atoms with van der Waals surface area (Å²) in [6.45, 7) is 4.79. The third kappa shape index (κ3) is 3.02. The Kier molecular flexibility index (Phi) is 4.27. The quantitative estimate of drug-likeness (QED) is 0.754. The van der Waals surface area contributed by atoms with Crippen LogP contribution >= 0.6 is 0 Å². The molecule has 0 aliphatic carbocycles. The van der Waals surface area contributed by atoms with Crippen molar-refractivity contribution in [3.63, 3.8) is 0 Å². The maximum absolute atomic E-state index is 5.48. The number of methoxy groups -OCH3 is 1. The van der Waals surface area contributed by atoms with Gasteiger partial charge in [-0.05, 0) is 25.0 Å². The zero-order valence-corrected chi connectivity index (χ0v) is 9.83. The van der Waals surface area contributed by atoms with Crippen molar-refractivity contribution in [2.24, 2.45) is 0 Å². The molecule has 0 amide bonds. The minimum atomic E-state index is -0.272. The largest absolute Gasteiger partial charge is 0.374 e. The fourth-order valence-electron chi connectivity index (χ4n) is 1.52. The summed E-state index contributed by atoms with van der Waals surface area (Å²) in [6.07, 6.45) is 0. The normalized spacial score (nSPS) is 11.7. The zero-order valence-electron chi connectivity index (χ0n) is 9.83. The van der Waals surface area contributed by atoms with Gasteiger partial charge in [0.1, 0.15) is 0 Å². The fourth-order valence-corrected chi connectivity index (χ4v) is 1.52. The van der Waals surface area contributed by atoms with Crippen LogP contribution in [-0.2, 0) is 21.7 Å². The molecule has 0 bridgehead atoms. The molecule has 0 spiro atoms. The molecular formula is C12H19NO2. The average molecular weight is 209 g/mol. The van der Waals surface area contributed by atoms with Crippen molar-refractivity contribution >= 4 is 0 Å². The van der Waals surface area contributed by atoms with Crippen molar-refractivity contribution in [3.05, 3.63) is 35.4 Å². The standard InChI is InChI=1S/C12H19NO2/c1-12(2,14-3)11-8-6-5-7-10(11)9-13-15-4/h5-8,13H,9H2,1-4H3. The van der Waals surface area contributed by atoms with E-state index in [1.165, 1.54) is 11.1 Å². The van der Waals surface area contributed by atoms with E-state index in [1.54, 1.807) is 14.2 Å². The summed E-state index contributed by atoms with van der Waals surface area (Å²) in [4.78, 5) is 4.86. The molecule has 1 aromatic carbocycles. The van der Waals surface area contributed by atoms with Gasteiger partial charge in [0, 0.05) is 13.7 Å². The molecule has 3 nitrogen and oxygen atoms in total. The lowest BCUT2D eigenvalue weighted by atomic mass is 9.93. The molecule has 1 aromatic rings. The molecule has 0 saturated carbocycles. The first-order valence-electron chi connectivity index (χ1n) is 5.01. The first-order chi connectivity index (χ1) is 7.11. The van der Waals surface area contributed by atoms with Crippen molar-refractivity contribution in [1.82, 2.24) is 5.48 Å². The predicted molar refractivity (Wildman–Crippen MR) is 60.3 cm³/mol. The van der Waals surface area contributed by atoms with Gasteiger partial charge in [-0.3, -0.25) is 0 Å². The molecule has 0 heterocycles. The monoisotopic (exact) mass is 209 g/mol. The lowest BCUT2D eigenvalue weighted by Gasteiger charge is -2.26. The van der Waals surface area contributed by atoms with E-state index in [9.17, 15) is 0 Å². The van der Waals surface area contributed by atoms with E-state index >= 15 is 0 Å². The van der Waals surface area contributed by atoms with Gasteiger partial charge in [0.2, 0.25) is 0 Å². The van der Waals surface area contributed by atoms with Gasteiger partial charge in [0.15, 0.2) is 0 Å². The van der Waals surface area contributed by atoms with Crippen LogP contribution in [0.15, 0.2) is 24.3 Å². The van der Waals surface area contributed by atoms with E-state index in [-0.39, 0.29) is 5.60 Å². The third-order valence-corrected chi connectivity index (χ3v) is 2.58. The molecule has 0 unspecified atom stereocenters. The van der Waals surface area contributed by atoms with Crippen molar-refractivity contribution in [1.29, 1.82) is 0 Å². The lowest BCUT2D eigenvalue weighted by molar-refractivity contribution is 0.0173. The molecule has 0 atom stereocenters. The number of hydroxylamine groups is 1. The Morgan fingerprint density at radius 2 is 1.87 bits per heavy atom. The second-order valence-corrected chi connectivity index (χ2v) is 3.90. The van der Waals surface area contributed by atoms with Gasteiger partial charge in [0.05, 0.1) is 12.7 Å². The first kappa shape index (κ1) is 12.2. The summed E-state index contributed by atoms with van der Waals surface area (Å²) >= 11 is 0. The minimum absolute atomic E-state index is 0.272. The molecule has 84 valence electrons. The second-order valence-electron chi connectivity index (χ2n) is 3.90. The van der Waals surface area contributed by atoms with Crippen LogP contribution in [0, 0.1) is 0 Å². The zero-order chi connectivity index (χ0) is 11.3. The Morgan fingerprint density at radius 1 is 1.20 bits per heavy atom. The van der Waals surface area contributed by atoms with Crippen molar-refractivity contribution in [3.8, 4) is 0 Å². The van der Waals surface area contributed by atoms with Crippen molar-refractivity contribution in [2.45, 2.75) is 26.0 Å². The SMILES string of the molecule is CONCc1ccccc1C(C)(C)OC. The van der Waals surface area contributed by atoms with Crippen LogP contribution < -0.4 is 5.48 Å². The van der Waals surface area contributed by atoms with Gasteiger partial charge in [-0.25, -0.2) is 0 Å². The Bertz CT molecular complexity index is 310. The highest BCUT2D eigenvalue weighted by molar-refractivity contribution is 5.31. The van der Waals surface area contributed by atoms with E-state index in [0.717, 1.165) is 0 Å². The molecule has 1 N–H and O–H groups in total. The van der Waals surface area contributed by atoms with Crippen LogP contribution in [0.4, 0.5) is 0 Å². The molecule has 0 aliphatic heterocycles. The molecule has 0 radical (unpaired) electrons. The Hall–Kier alpha value is -0.900. The van der Waals surface area contributed by atoms with E-state index in [2.05, 4.69) is 31.5 Å². The summed E-state index contributed by atoms with van der Waals surface area (Å²) in [7, 11) is 3.34. The topological polar surface area (TPSA) is 30.5 Å². The van der Waals surface area contributed by atoms with E-state index in [1.807, 2.05) is 12.1 Å². The maximum Gasteiger partial charge on any atom is 0.0874 e. The first-order valence-corrected chi connectivity index (χ1v) is 5.01. The highest BCUT2D eigenvalue weighted by Gasteiger charge is 2.21. The summed E-state index contributed by atoms with van der Waals surface area (Å²) in [5.41, 5.74) is 4.94. The molecule has 15 heavy (non-hydrogen) atoms. The number of rotatable bonds is 5. The molecule has 3 heteroatoms. The Balaban J connectivity index is 2.95. The molecule has 1 rings (SSSR count). The van der Waals surface area contributed by atoms with Crippen LogP contribution in [-0.4, -0.2) is 14.2 Å². The lowest BCUT2D eigenvalue weighted by Crippen LogP contribution is -2.23. The van der Waals surface area contributed by atoms with E-state index < -0.39 is 0 Å². The second kappa shape index (κ2) is 5.26. The van der Waals surface area contributed by atoms with E-state index in [0.29, 0.717) is 6.54 Å². The van der Waals surface area contributed by atoms with Crippen LogP contribution in [0.25, 0.3) is 0 Å². The van der Waals surface area contributed by atoms with Crippen molar-refractivity contribution < 1.29 is 9.57 Å². The Labute approximate surface area is 91.4 Å². The van der Waals surface area contributed by atoms with Gasteiger partial charge in [0.25, 0.3) is 0 Å². The van der Waals surface area contributed by atoms with Crippen molar-refractivity contribution in [2.75, 3.05) is 14.2 Å². The van der Waals surface area contributed by atoms with Crippen LogP contribution in [0.2, 0.25) is 0 Å². The van der Waals surface area contributed by atoms with Gasteiger partial charge < -0.3 is 9.57 Å². The number of ether oxygens (including phenoxy) is 1. The minimum Gasteiger partial charge on any atom is -0.374 e. The number of hydrogen-bond acceptors (Lipinski definition) is 3. The van der Waals surface area contributed by atoms with Gasteiger partial charge >= 0.3 is 0 Å². The smallest absolute Gasteiger partial charge is 0.0874 e. The summed E-state index contributed by atoms with van der Waals surface area (Å²) in [5, 5.41) is 0. The van der Waals surface area contributed by atoms with Crippen LogP contribution in [0.3, 0.4) is 0 Å². The maximum atomic E-state index is 5.48. The highest BCUT2D eigenvalue weighted by Crippen LogP contribution is 2.26. The average Bonchev–Trinajstić information content (AvgIpc) is 2.26. The van der Waals surface area contributed by atoms with E-state index in [4.69, 9.17) is 9.57 Å². The summed E-state index contributed by atoms with van der Waals surface area (Å²) in [6, 6.07) is 8.19. The number of benzene rings is 1. The Morgan fingerprint density at radius 3 is 2.47 bits per heavy atom. The fraction of sp³-hybridized carbons (Fsp3) is 0.500. The molecule has 0 fully saturated rings. The molecule has 0 aliphatic rings.